The van der Waals surface area contributed by atoms with E-state index in [2.05, 4.69) is 4.98 Å². The van der Waals surface area contributed by atoms with Crippen LogP contribution in [-0.2, 0) is 16.0 Å². The fraction of sp³-hybridized carbons (Fsp3) is 0.286. The van der Waals surface area contributed by atoms with Crippen LogP contribution in [0.1, 0.15) is 18.4 Å². The first-order valence-corrected chi connectivity index (χ1v) is 6.23. The van der Waals surface area contributed by atoms with Crippen molar-refractivity contribution in [1.82, 2.24) is 4.98 Å². The normalized spacial score (nSPS) is 10.4. The number of ether oxygens (including phenoxy) is 1. The molecule has 0 amide bonds. The molecule has 0 spiro atoms. The zero-order chi connectivity index (χ0) is 13.8. The van der Waals surface area contributed by atoms with Crippen molar-refractivity contribution in [1.29, 1.82) is 0 Å². The maximum absolute atomic E-state index is 10.7. The summed E-state index contributed by atoms with van der Waals surface area (Å²) in [5, 5.41) is 0. The first kappa shape index (κ1) is 13.4. The number of carbonyl (C=O) groups excluding carboxylic acids is 1. The zero-order valence-electron chi connectivity index (χ0n) is 11.4. The van der Waals surface area contributed by atoms with Crippen LogP contribution in [0.4, 0.5) is 0 Å². The molecule has 1 heterocycles. The Morgan fingerprint density at radius 3 is 2.68 bits per heavy atom. The average Bonchev–Trinajstić information content (AvgIpc) is 2.71. The van der Waals surface area contributed by atoms with Gasteiger partial charge in [-0.25, -0.2) is 4.98 Å². The molecule has 19 heavy (non-hydrogen) atoms. The van der Waals surface area contributed by atoms with Crippen molar-refractivity contribution >= 4 is 19.5 Å². The summed E-state index contributed by atoms with van der Waals surface area (Å²) in [6.45, 7) is 3.73. The van der Waals surface area contributed by atoms with Gasteiger partial charge in [0.1, 0.15) is 5.69 Å². The minimum Gasteiger partial charge on any atom is -0.465 e. The van der Waals surface area contributed by atoms with E-state index in [9.17, 15) is 4.79 Å². The van der Waals surface area contributed by atoms with Gasteiger partial charge in [0.2, 0.25) is 0 Å². The maximum Gasteiger partial charge on any atom is 0.302 e. The number of esters is 1. The standard InChI is InChI=1S/C14H16BNO3/c1-9-3-5-11(6-4-9)13-14(15)19-12(16-13)7-8-18-10(2)17/h3-6H,7-8,15H2,1-2H3. The summed E-state index contributed by atoms with van der Waals surface area (Å²) in [5.41, 5.74) is 3.87. The lowest BCUT2D eigenvalue weighted by Crippen LogP contribution is -2.03. The second-order valence-electron chi connectivity index (χ2n) is 4.47. The molecule has 0 aliphatic carbocycles. The number of aryl methyl sites for hydroxylation is 1. The van der Waals surface area contributed by atoms with Crippen molar-refractivity contribution in [2.24, 2.45) is 0 Å². The molecule has 4 nitrogen and oxygen atoms in total. The molecular formula is C14H16BNO3. The van der Waals surface area contributed by atoms with E-state index in [1.165, 1.54) is 12.5 Å². The van der Waals surface area contributed by atoms with Gasteiger partial charge in [0.15, 0.2) is 13.7 Å². The SMILES string of the molecule is Bc1oc(CCOC(C)=O)nc1-c1ccc(C)cc1. The number of nitrogens with zero attached hydrogens (tertiary/aromatic N) is 1. The highest BCUT2D eigenvalue weighted by molar-refractivity contribution is 6.33. The number of carbonyl (C=O) groups is 1. The Morgan fingerprint density at radius 1 is 1.37 bits per heavy atom. The van der Waals surface area contributed by atoms with Crippen molar-refractivity contribution in [3.05, 3.63) is 35.7 Å². The van der Waals surface area contributed by atoms with E-state index in [-0.39, 0.29) is 5.97 Å². The first-order valence-electron chi connectivity index (χ1n) is 6.23. The summed E-state index contributed by atoms with van der Waals surface area (Å²) in [7, 11) is 1.89. The first-order chi connectivity index (χ1) is 9.06. The predicted molar refractivity (Wildman–Crippen MR) is 75.2 cm³/mol. The molecule has 0 aliphatic rings. The predicted octanol–water partition coefficient (Wildman–Crippen LogP) is 1.01. The summed E-state index contributed by atoms with van der Waals surface area (Å²) in [6, 6.07) is 8.13. The Hall–Kier alpha value is -2.04. The molecule has 0 saturated heterocycles. The average molecular weight is 257 g/mol. The van der Waals surface area contributed by atoms with E-state index in [1.807, 2.05) is 39.0 Å². The van der Waals surface area contributed by atoms with Crippen LogP contribution in [0.5, 0.6) is 0 Å². The summed E-state index contributed by atoms with van der Waals surface area (Å²) in [6.07, 6.45) is 0.492. The Morgan fingerprint density at radius 2 is 2.05 bits per heavy atom. The van der Waals surface area contributed by atoms with Crippen LogP contribution in [0.15, 0.2) is 28.7 Å². The second-order valence-corrected chi connectivity index (χ2v) is 4.47. The van der Waals surface area contributed by atoms with Gasteiger partial charge in [0.05, 0.1) is 18.7 Å². The van der Waals surface area contributed by atoms with Crippen LogP contribution in [0.2, 0.25) is 0 Å². The summed E-state index contributed by atoms with van der Waals surface area (Å²) < 4.78 is 10.5. The molecule has 0 radical (unpaired) electrons. The molecule has 2 aromatic rings. The lowest BCUT2D eigenvalue weighted by atomic mass is 9.99. The number of hydrogen-bond acceptors (Lipinski definition) is 4. The molecule has 0 bridgehead atoms. The molecule has 0 aliphatic heterocycles. The van der Waals surface area contributed by atoms with Crippen molar-refractivity contribution < 1.29 is 13.9 Å². The molecule has 98 valence electrons. The van der Waals surface area contributed by atoms with Gasteiger partial charge in [-0.05, 0) is 6.92 Å². The Labute approximate surface area is 113 Å². The van der Waals surface area contributed by atoms with Gasteiger partial charge in [0, 0.05) is 12.5 Å². The maximum atomic E-state index is 10.7. The van der Waals surface area contributed by atoms with E-state index in [1.54, 1.807) is 0 Å². The van der Waals surface area contributed by atoms with Gasteiger partial charge in [-0.1, -0.05) is 29.8 Å². The van der Waals surface area contributed by atoms with Crippen LogP contribution in [0.3, 0.4) is 0 Å². The van der Waals surface area contributed by atoms with Crippen LogP contribution in [-0.4, -0.2) is 25.4 Å². The second kappa shape index (κ2) is 5.74. The third kappa shape index (κ3) is 3.47. The smallest absolute Gasteiger partial charge is 0.302 e. The lowest BCUT2D eigenvalue weighted by Gasteiger charge is -1.98. The van der Waals surface area contributed by atoms with Gasteiger partial charge in [0.25, 0.3) is 0 Å². The van der Waals surface area contributed by atoms with Crippen LogP contribution < -0.4 is 5.66 Å². The van der Waals surface area contributed by atoms with Crippen molar-refractivity contribution in [2.75, 3.05) is 6.61 Å². The van der Waals surface area contributed by atoms with E-state index in [0.29, 0.717) is 18.9 Å². The van der Waals surface area contributed by atoms with Crippen molar-refractivity contribution in [3.63, 3.8) is 0 Å². The lowest BCUT2D eigenvalue weighted by molar-refractivity contribution is -0.140. The Balaban J connectivity index is 2.12. The van der Waals surface area contributed by atoms with Crippen LogP contribution in [0, 0.1) is 6.92 Å². The Bertz CT molecular complexity index is 575. The third-order valence-electron chi connectivity index (χ3n) is 2.79. The quantitative estimate of drug-likeness (QED) is 0.606. The number of aromatic nitrogens is 1. The van der Waals surface area contributed by atoms with Gasteiger partial charge < -0.3 is 9.15 Å². The number of oxazole rings is 1. The van der Waals surface area contributed by atoms with Gasteiger partial charge in [-0.15, -0.1) is 0 Å². The monoisotopic (exact) mass is 257 g/mol. The van der Waals surface area contributed by atoms with Gasteiger partial charge in [-0.3, -0.25) is 4.79 Å². The molecule has 0 atom stereocenters. The summed E-state index contributed by atoms with van der Waals surface area (Å²) >= 11 is 0. The largest absolute Gasteiger partial charge is 0.465 e. The molecule has 0 fully saturated rings. The minimum atomic E-state index is -0.290. The third-order valence-corrected chi connectivity index (χ3v) is 2.79. The van der Waals surface area contributed by atoms with E-state index in [0.717, 1.165) is 16.9 Å². The molecule has 1 aromatic heterocycles. The molecule has 5 heteroatoms. The van der Waals surface area contributed by atoms with E-state index >= 15 is 0 Å². The molecule has 0 saturated carbocycles. The number of rotatable bonds is 4. The van der Waals surface area contributed by atoms with Crippen molar-refractivity contribution in [3.8, 4) is 11.3 Å². The van der Waals surface area contributed by atoms with Gasteiger partial charge in [-0.2, -0.15) is 0 Å². The topological polar surface area (TPSA) is 52.3 Å². The Kier molecular flexibility index (Phi) is 4.05. The fourth-order valence-corrected chi connectivity index (χ4v) is 1.82. The molecule has 0 N–H and O–H groups in total. The number of benzene rings is 1. The van der Waals surface area contributed by atoms with Crippen LogP contribution >= 0.6 is 0 Å². The fourth-order valence-electron chi connectivity index (χ4n) is 1.82. The molecule has 1 aromatic carbocycles. The molecule has 2 rings (SSSR count). The van der Waals surface area contributed by atoms with E-state index in [4.69, 9.17) is 9.15 Å². The zero-order valence-corrected chi connectivity index (χ0v) is 11.4. The van der Waals surface area contributed by atoms with Crippen LogP contribution in [0.25, 0.3) is 11.3 Å². The molecular weight excluding hydrogens is 241 g/mol. The van der Waals surface area contributed by atoms with Crippen molar-refractivity contribution in [2.45, 2.75) is 20.3 Å². The highest BCUT2D eigenvalue weighted by Gasteiger charge is 2.11. The molecule has 0 unspecified atom stereocenters. The van der Waals surface area contributed by atoms with Gasteiger partial charge >= 0.3 is 5.97 Å². The highest BCUT2D eigenvalue weighted by Crippen LogP contribution is 2.17. The summed E-state index contributed by atoms with van der Waals surface area (Å²) in [4.78, 5) is 15.1. The van der Waals surface area contributed by atoms with E-state index < -0.39 is 0 Å². The number of hydrogen-bond donors (Lipinski definition) is 0. The highest BCUT2D eigenvalue weighted by atomic mass is 16.5. The minimum absolute atomic E-state index is 0.290. The summed E-state index contributed by atoms with van der Waals surface area (Å²) in [5.74, 6) is 0.302.